The molecule has 1 amide bonds. The van der Waals surface area contributed by atoms with Crippen LogP contribution in [-0.4, -0.2) is 51.2 Å². The number of rotatable bonds is 8. The third kappa shape index (κ3) is 4.80. The number of benzene rings is 2. The number of hydrazone groups is 1. The van der Waals surface area contributed by atoms with Gasteiger partial charge in [0.25, 0.3) is 5.91 Å². The van der Waals surface area contributed by atoms with Gasteiger partial charge in [0.05, 0.1) is 36.8 Å². The largest absolute Gasteiger partial charge is 0.463 e. The number of nitrogens with zero attached hydrogens (tertiary/aromatic N) is 4. The van der Waals surface area contributed by atoms with Crippen molar-refractivity contribution < 1.29 is 14.3 Å². The Morgan fingerprint density at radius 2 is 1.91 bits per heavy atom. The summed E-state index contributed by atoms with van der Waals surface area (Å²) in [6, 6.07) is 21.4. The topological polar surface area (TPSA) is 95.9 Å². The molecule has 0 saturated carbocycles. The third-order valence-corrected chi connectivity index (χ3v) is 5.98. The van der Waals surface area contributed by atoms with E-state index in [4.69, 9.17) is 14.6 Å². The fraction of sp³-hybridized carbons (Fsp3) is 0.222. The molecule has 0 fully saturated rings. The minimum absolute atomic E-state index is 0.0426. The van der Waals surface area contributed by atoms with Crippen LogP contribution in [0.25, 0.3) is 16.9 Å². The van der Waals surface area contributed by atoms with Crippen molar-refractivity contribution in [1.29, 1.82) is 0 Å². The SMILES string of the molecule is Cc1ccc(-c2nn(-c3ccccc3)cc2[C@H]2CC(c3ccco3)=NN2C(=O)CNCCO)cc1. The van der Waals surface area contributed by atoms with E-state index in [1.54, 1.807) is 6.26 Å². The van der Waals surface area contributed by atoms with Crippen LogP contribution in [0, 0.1) is 6.92 Å². The van der Waals surface area contributed by atoms with Crippen molar-refractivity contribution in [3.63, 3.8) is 0 Å². The highest BCUT2D eigenvalue weighted by molar-refractivity contribution is 6.01. The highest BCUT2D eigenvalue weighted by Gasteiger charge is 2.36. The number of aliphatic hydroxyl groups excluding tert-OH is 1. The van der Waals surface area contributed by atoms with Crippen LogP contribution in [0.4, 0.5) is 0 Å². The van der Waals surface area contributed by atoms with Crippen molar-refractivity contribution in [2.75, 3.05) is 19.7 Å². The number of aliphatic hydroxyl groups is 1. The molecule has 2 N–H and O–H groups in total. The van der Waals surface area contributed by atoms with E-state index < -0.39 is 0 Å². The zero-order chi connectivity index (χ0) is 24.2. The summed E-state index contributed by atoms with van der Waals surface area (Å²) in [6.07, 6.45) is 4.08. The van der Waals surface area contributed by atoms with Crippen LogP contribution in [0.2, 0.25) is 0 Å². The average Bonchev–Trinajstić information content (AvgIpc) is 3.64. The van der Waals surface area contributed by atoms with Gasteiger partial charge in [-0.25, -0.2) is 9.69 Å². The lowest BCUT2D eigenvalue weighted by Gasteiger charge is -2.22. The molecule has 178 valence electrons. The Morgan fingerprint density at radius 3 is 2.63 bits per heavy atom. The maximum Gasteiger partial charge on any atom is 0.257 e. The van der Waals surface area contributed by atoms with Gasteiger partial charge in [-0.2, -0.15) is 10.2 Å². The lowest BCUT2D eigenvalue weighted by molar-refractivity contribution is -0.132. The zero-order valence-electron chi connectivity index (χ0n) is 19.5. The maximum atomic E-state index is 13.2. The maximum absolute atomic E-state index is 13.2. The number of amides is 1. The van der Waals surface area contributed by atoms with Crippen LogP contribution in [0.5, 0.6) is 0 Å². The average molecular weight is 470 g/mol. The summed E-state index contributed by atoms with van der Waals surface area (Å²) in [5, 5.41) is 23.2. The summed E-state index contributed by atoms with van der Waals surface area (Å²) >= 11 is 0. The number of para-hydroxylation sites is 1. The first-order valence-corrected chi connectivity index (χ1v) is 11.6. The van der Waals surface area contributed by atoms with Crippen molar-refractivity contribution in [3.05, 3.63) is 96.1 Å². The number of carbonyl (C=O) groups is 1. The molecule has 5 rings (SSSR count). The van der Waals surface area contributed by atoms with Crippen molar-refractivity contribution in [2.24, 2.45) is 5.10 Å². The minimum atomic E-state index is -0.354. The molecule has 1 atom stereocenters. The Morgan fingerprint density at radius 1 is 1.11 bits per heavy atom. The molecule has 0 radical (unpaired) electrons. The Labute approximate surface area is 203 Å². The van der Waals surface area contributed by atoms with Crippen LogP contribution < -0.4 is 5.32 Å². The van der Waals surface area contributed by atoms with Gasteiger partial charge in [-0.1, -0.05) is 48.0 Å². The van der Waals surface area contributed by atoms with Gasteiger partial charge in [-0.3, -0.25) is 4.79 Å². The van der Waals surface area contributed by atoms with Gasteiger partial charge in [0.2, 0.25) is 0 Å². The number of nitrogens with one attached hydrogen (secondary N) is 1. The van der Waals surface area contributed by atoms with Crippen LogP contribution >= 0.6 is 0 Å². The first-order chi connectivity index (χ1) is 17.1. The van der Waals surface area contributed by atoms with Crippen molar-refractivity contribution in [3.8, 4) is 16.9 Å². The van der Waals surface area contributed by atoms with E-state index >= 15 is 0 Å². The lowest BCUT2D eigenvalue weighted by Crippen LogP contribution is -2.36. The minimum Gasteiger partial charge on any atom is -0.463 e. The number of aromatic nitrogens is 2. The van der Waals surface area contributed by atoms with Crippen LogP contribution in [0.3, 0.4) is 0 Å². The van der Waals surface area contributed by atoms with Crippen LogP contribution in [0.1, 0.15) is 29.3 Å². The van der Waals surface area contributed by atoms with E-state index in [1.165, 1.54) is 5.01 Å². The fourth-order valence-electron chi connectivity index (χ4n) is 4.21. The molecular weight excluding hydrogens is 442 g/mol. The molecule has 1 aliphatic rings. The van der Waals surface area contributed by atoms with Gasteiger partial charge in [-0.05, 0) is 31.2 Å². The molecule has 0 spiro atoms. The van der Waals surface area contributed by atoms with Crippen molar-refractivity contribution in [1.82, 2.24) is 20.1 Å². The van der Waals surface area contributed by atoms with E-state index in [-0.39, 0.29) is 25.1 Å². The fourth-order valence-corrected chi connectivity index (χ4v) is 4.21. The van der Waals surface area contributed by atoms with Crippen molar-refractivity contribution in [2.45, 2.75) is 19.4 Å². The molecule has 3 heterocycles. The Kier molecular flexibility index (Phi) is 6.56. The van der Waals surface area contributed by atoms with E-state index in [1.807, 2.05) is 60.3 Å². The molecule has 35 heavy (non-hydrogen) atoms. The summed E-state index contributed by atoms with van der Waals surface area (Å²) < 4.78 is 7.44. The zero-order valence-corrected chi connectivity index (χ0v) is 19.5. The molecule has 8 nitrogen and oxygen atoms in total. The Balaban J connectivity index is 1.58. The Hall–Kier alpha value is -4.01. The molecule has 8 heteroatoms. The molecule has 2 aromatic heterocycles. The number of carbonyl (C=O) groups excluding carboxylic acids is 1. The molecule has 4 aromatic rings. The second-order valence-electron chi connectivity index (χ2n) is 8.46. The summed E-state index contributed by atoms with van der Waals surface area (Å²) in [6.45, 7) is 2.41. The Bertz CT molecular complexity index is 1310. The molecular formula is C27H27N5O3. The normalized spacial score (nSPS) is 15.4. The molecule has 0 bridgehead atoms. The van der Waals surface area contributed by atoms with Crippen LogP contribution in [-0.2, 0) is 4.79 Å². The van der Waals surface area contributed by atoms with Gasteiger partial charge in [-0.15, -0.1) is 0 Å². The highest BCUT2D eigenvalue weighted by atomic mass is 16.3. The monoisotopic (exact) mass is 469 g/mol. The van der Waals surface area contributed by atoms with Gasteiger partial charge in [0, 0.05) is 30.3 Å². The summed E-state index contributed by atoms with van der Waals surface area (Å²) in [5.41, 5.74) is 5.47. The predicted molar refractivity (Wildman–Crippen MR) is 133 cm³/mol. The molecule has 1 aliphatic heterocycles. The van der Waals surface area contributed by atoms with E-state index in [9.17, 15) is 4.79 Å². The van der Waals surface area contributed by atoms with Crippen molar-refractivity contribution >= 4 is 11.6 Å². The quantitative estimate of drug-likeness (QED) is 0.384. The summed E-state index contributed by atoms with van der Waals surface area (Å²) in [7, 11) is 0. The lowest BCUT2D eigenvalue weighted by atomic mass is 9.97. The molecule has 0 saturated heterocycles. The summed E-state index contributed by atoms with van der Waals surface area (Å²) in [4.78, 5) is 13.2. The van der Waals surface area contributed by atoms with Gasteiger partial charge in [0.1, 0.15) is 11.5 Å². The first kappa shape index (κ1) is 22.8. The van der Waals surface area contributed by atoms with E-state index in [0.29, 0.717) is 24.4 Å². The number of hydrogen-bond donors (Lipinski definition) is 2. The molecule has 0 unspecified atom stereocenters. The van der Waals surface area contributed by atoms with E-state index in [0.717, 1.165) is 28.1 Å². The standard InChI is InChI=1S/C27H27N5O3/c1-19-9-11-20(12-10-19)27-22(18-31(30-27)21-6-3-2-4-7-21)24-16-23(25-8-5-15-35-25)29-32(24)26(34)17-28-13-14-33/h2-12,15,18,24,28,33H,13-14,16-17H2,1H3/t24-/m1/s1. The predicted octanol–water partition coefficient (Wildman–Crippen LogP) is 3.70. The van der Waals surface area contributed by atoms with Gasteiger partial charge >= 0.3 is 0 Å². The number of aryl methyl sites for hydroxylation is 1. The summed E-state index contributed by atoms with van der Waals surface area (Å²) in [5.74, 6) is 0.452. The molecule has 2 aromatic carbocycles. The number of hydrogen-bond acceptors (Lipinski definition) is 6. The molecule has 0 aliphatic carbocycles. The smallest absolute Gasteiger partial charge is 0.257 e. The third-order valence-electron chi connectivity index (χ3n) is 5.98. The highest BCUT2D eigenvalue weighted by Crippen LogP contribution is 2.38. The van der Waals surface area contributed by atoms with Gasteiger partial charge in [0.15, 0.2) is 0 Å². The van der Waals surface area contributed by atoms with Gasteiger partial charge < -0.3 is 14.8 Å². The number of furan rings is 1. The first-order valence-electron chi connectivity index (χ1n) is 11.6. The van der Waals surface area contributed by atoms with Crippen LogP contribution in [0.15, 0.2) is 88.7 Å². The van der Waals surface area contributed by atoms with E-state index in [2.05, 4.69) is 34.7 Å². The second kappa shape index (κ2) is 10.1. The second-order valence-corrected chi connectivity index (χ2v) is 8.46.